The van der Waals surface area contributed by atoms with Crippen molar-refractivity contribution in [3.05, 3.63) is 28.8 Å². The Balaban J connectivity index is 1.83. The zero-order valence-electron chi connectivity index (χ0n) is 14.6. The van der Waals surface area contributed by atoms with E-state index in [9.17, 15) is 9.59 Å². The van der Waals surface area contributed by atoms with Crippen LogP contribution in [0.4, 0.5) is 0 Å². The standard InChI is InChI=1S/C18H23N3O4/c1-24-16-8-14-15(9-17(16)25-2)20-11-21(18(14)23)10-13(22)7-12-5-3-4-6-19-12/h8-9,11-12,19H,3-7,10H2,1-2H3/t12-/m0/s1. The Morgan fingerprint density at radius 3 is 2.72 bits per heavy atom. The molecule has 7 heteroatoms. The summed E-state index contributed by atoms with van der Waals surface area (Å²) >= 11 is 0. The third kappa shape index (κ3) is 3.82. The molecule has 2 aromatic rings. The van der Waals surface area contributed by atoms with Crippen LogP contribution >= 0.6 is 0 Å². The molecule has 2 heterocycles. The molecule has 1 aliphatic heterocycles. The van der Waals surface area contributed by atoms with Crippen molar-refractivity contribution in [2.75, 3.05) is 20.8 Å². The molecular formula is C18H23N3O4. The van der Waals surface area contributed by atoms with Gasteiger partial charge in [0, 0.05) is 18.5 Å². The molecular weight excluding hydrogens is 322 g/mol. The Morgan fingerprint density at radius 1 is 1.28 bits per heavy atom. The predicted molar refractivity (Wildman–Crippen MR) is 94.4 cm³/mol. The number of fused-ring (bicyclic) bond motifs is 1. The number of nitrogens with one attached hydrogen (secondary N) is 1. The second-order valence-electron chi connectivity index (χ2n) is 6.29. The first-order valence-electron chi connectivity index (χ1n) is 8.48. The molecule has 1 fully saturated rings. The number of carbonyl (C=O) groups is 1. The van der Waals surface area contributed by atoms with Gasteiger partial charge in [-0.15, -0.1) is 0 Å². The molecule has 0 amide bonds. The van der Waals surface area contributed by atoms with Crippen LogP contribution in [-0.2, 0) is 11.3 Å². The molecule has 7 nitrogen and oxygen atoms in total. The molecule has 134 valence electrons. The van der Waals surface area contributed by atoms with Crippen LogP contribution in [-0.4, -0.2) is 42.1 Å². The first-order valence-corrected chi connectivity index (χ1v) is 8.48. The van der Waals surface area contributed by atoms with Crippen molar-refractivity contribution in [1.82, 2.24) is 14.9 Å². The maximum Gasteiger partial charge on any atom is 0.261 e. The average Bonchev–Trinajstić information content (AvgIpc) is 2.64. The molecule has 0 spiro atoms. The van der Waals surface area contributed by atoms with Crippen molar-refractivity contribution in [2.24, 2.45) is 0 Å². The van der Waals surface area contributed by atoms with Crippen LogP contribution in [0.1, 0.15) is 25.7 Å². The number of benzene rings is 1. The van der Waals surface area contributed by atoms with E-state index in [1.165, 1.54) is 25.1 Å². The van der Waals surface area contributed by atoms with Crippen LogP contribution in [0.2, 0.25) is 0 Å². The van der Waals surface area contributed by atoms with Gasteiger partial charge in [0.05, 0.1) is 38.0 Å². The third-order valence-electron chi connectivity index (χ3n) is 4.56. The number of piperidine rings is 1. The summed E-state index contributed by atoms with van der Waals surface area (Å²) in [5.74, 6) is 1.01. The van der Waals surface area contributed by atoms with Gasteiger partial charge in [-0.25, -0.2) is 4.98 Å². The smallest absolute Gasteiger partial charge is 0.261 e. The number of aromatic nitrogens is 2. The van der Waals surface area contributed by atoms with Crippen molar-refractivity contribution < 1.29 is 14.3 Å². The zero-order valence-corrected chi connectivity index (χ0v) is 14.6. The number of carbonyl (C=O) groups excluding carboxylic acids is 1. The molecule has 3 rings (SSSR count). The van der Waals surface area contributed by atoms with Gasteiger partial charge in [-0.3, -0.25) is 14.2 Å². The van der Waals surface area contributed by atoms with Crippen LogP contribution in [0.15, 0.2) is 23.3 Å². The molecule has 0 unspecified atom stereocenters. The summed E-state index contributed by atoms with van der Waals surface area (Å²) in [6, 6.07) is 3.48. The van der Waals surface area contributed by atoms with Crippen LogP contribution in [0.3, 0.4) is 0 Å². The molecule has 0 aliphatic carbocycles. The van der Waals surface area contributed by atoms with Crippen molar-refractivity contribution >= 4 is 16.7 Å². The Labute approximate surface area is 146 Å². The molecule has 1 aromatic heterocycles. The van der Waals surface area contributed by atoms with Gasteiger partial charge in [-0.2, -0.15) is 0 Å². The summed E-state index contributed by atoms with van der Waals surface area (Å²) in [5.41, 5.74) is 0.260. The molecule has 0 saturated carbocycles. The van der Waals surface area contributed by atoms with Crippen molar-refractivity contribution in [1.29, 1.82) is 0 Å². The van der Waals surface area contributed by atoms with Crippen molar-refractivity contribution in [3.63, 3.8) is 0 Å². The minimum atomic E-state index is -0.254. The SMILES string of the molecule is COc1cc2ncn(CC(=O)C[C@@H]3CCCCN3)c(=O)c2cc1OC. The molecule has 1 N–H and O–H groups in total. The van der Waals surface area contributed by atoms with Crippen LogP contribution < -0.4 is 20.3 Å². The maximum absolute atomic E-state index is 12.7. The Morgan fingerprint density at radius 2 is 2.04 bits per heavy atom. The summed E-state index contributed by atoms with van der Waals surface area (Å²) in [6.07, 6.45) is 5.17. The summed E-state index contributed by atoms with van der Waals surface area (Å²) in [7, 11) is 3.04. The van der Waals surface area contributed by atoms with Crippen LogP contribution in [0, 0.1) is 0 Å². The van der Waals surface area contributed by atoms with Gasteiger partial charge >= 0.3 is 0 Å². The minimum absolute atomic E-state index is 0.0307. The maximum atomic E-state index is 12.7. The number of Topliss-reactive ketones (excluding diaryl/α,β-unsaturated/α-hetero) is 1. The van der Waals surface area contributed by atoms with E-state index >= 15 is 0 Å². The number of hydrogen-bond donors (Lipinski definition) is 1. The van der Waals surface area contributed by atoms with Gasteiger partial charge in [0.1, 0.15) is 0 Å². The lowest BCUT2D eigenvalue weighted by atomic mass is 10.00. The van der Waals surface area contributed by atoms with E-state index in [2.05, 4.69) is 10.3 Å². The number of nitrogens with zero attached hydrogens (tertiary/aromatic N) is 2. The monoisotopic (exact) mass is 345 g/mol. The summed E-state index contributed by atoms with van der Waals surface area (Å²) in [6.45, 7) is 0.991. The Bertz CT molecular complexity index is 825. The third-order valence-corrected chi connectivity index (χ3v) is 4.56. The summed E-state index contributed by atoms with van der Waals surface area (Å²) in [4.78, 5) is 29.3. The Hall–Kier alpha value is -2.41. The van der Waals surface area contributed by atoms with E-state index < -0.39 is 0 Å². The lowest BCUT2D eigenvalue weighted by Crippen LogP contribution is -2.37. The van der Waals surface area contributed by atoms with Gasteiger partial charge in [0.2, 0.25) is 0 Å². The van der Waals surface area contributed by atoms with Gasteiger partial charge in [0.15, 0.2) is 17.3 Å². The predicted octanol–water partition coefficient (Wildman–Crippen LogP) is 1.51. The van der Waals surface area contributed by atoms with Crippen molar-refractivity contribution in [2.45, 2.75) is 38.3 Å². The largest absolute Gasteiger partial charge is 0.493 e. The molecule has 1 saturated heterocycles. The number of ketones is 1. The minimum Gasteiger partial charge on any atom is -0.493 e. The Kier molecular flexibility index (Phi) is 5.33. The topological polar surface area (TPSA) is 82.5 Å². The fourth-order valence-corrected chi connectivity index (χ4v) is 3.23. The zero-order chi connectivity index (χ0) is 17.8. The first kappa shape index (κ1) is 17.4. The van der Waals surface area contributed by atoms with Crippen molar-refractivity contribution in [3.8, 4) is 11.5 Å². The highest BCUT2D eigenvalue weighted by atomic mass is 16.5. The normalized spacial score (nSPS) is 17.4. The highest BCUT2D eigenvalue weighted by Gasteiger charge is 2.18. The quantitative estimate of drug-likeness (QED) is 0.855. The number of methoxy groups -OCH3 is 2. The fourth-order valence-electron chi connectivity index (χ4n) is 3.23. The van der Waals surface area contributed by atoms with E-state index in [-0.39, 0.29) is 23.9 Å². The highest BCUT2D eigenvalue weighted by Crippen LogP contribution is 2.29. The number of rotatable bonds is 6. The summed E-state index contributed by atoms with van der Waals surface area (Å²) in [5, 5.41) is 3.76. The molecule has 25 heavy (non-hydrogen) atoms. The van der Waals surface area contributed by atoms with E-state index in [1.54, 1.807) is 12.1 Å². The van der Waals surface area contributed by atoms with Gasteiger partial charge < -0.3 is 14.8 Å². The number of ether oxygens (including phenoxy) is 2. The van der Waals surface area contributed by atoms with E-state index in [4.69, 9.17) is 9.47 Å². The molecule has 1 atom stereocenters. The molecule has 0 bridgehead atoms. The molecule has 1 aromatic carbocycles. The summed E-state index contributed by atoms with van der Waals surface area (Å²) < 4.78 is 11.8. The lowest BCUT2D eigenvalue weighted by Gasteiger charge is -2.22. The lowest BCUT2D eigenvalue weighted by molar-refractivity contribution is -0.120. The van der Waals surface area contributed by atoms with Crippen LogP contribution in [0.5, 0.6) is 11.5 Å². The van der Waals surface area contributed by atoms with Gasteiger partial charge in [-0.1, -0.05) is 6.42 Å². The highest BCUT2D eigenvalue weighted by molar-refractivity contribution is 5.83. The van der Waals surface area contributed by atoms with E-state index in [1.807, 2.05) is 0 Å². The molecule has 1 aliphatic rings. The fraction of sp³-hybridized carbons (Fsp3) is 0.500. The van der Waals surface area contributed by atoms with Gasteiger partial charge in [-0.05, 0) is 25.5 Å². The number of hydrogen-bond acceptors (Lipinski definition) is 6. The van der Waals surface area contributed by atoms with Gasteiger partial charge in [0.25, 0.3) is 5.56 Å². The average molecular weight is 345 g/mol. The molecule has 0 radical (unpaired) electrons. The van der Waals surface area contributed by atoms with Crippen LogP contribution in [0.25, 0.3) is 10.9 Å². The second-order valence-corrected chi connectivity index (χ2v) is 6.29. The second kappa shape index (κ2) is 7.65. The van der Waals surface area contributed by atoms with E-state index in [0.29, 0.717) is 28.8 Å². The first-order chi connectivity index (χ1) is 12.1. The van der Waals surface area contributed by atoms with E-state index in [0.717, 1.165) is 25.8 Å².